The molecule has 118 valence electrons. The van der Waals surface area contributed by atoms with Crippen molar-refractivity contribution in [2.75, 3.05) is 0 Å². The Balaban J connectivity index is 1.74. The average molecular weight is 310 g/mol. The van der Waals surface area contributed by atoms with Crippen LogP contribution in [0.15, 0.2) is 40.9 Å². The fourth-order valence-electron chi connectivity index (χ4n) is 2.57. The predicted molar refractivity (Wildman–Crippen MR) is 86.4 cm³/mol. The molecule has 5 heteroatoms. The number of nitrogens with zero attached hydrogens (tertiary/aromatic N) is 2. The van der Waals surface area contributed by atoms with Crippen LogP contribution < -0.4 is 4.74 Å². The van der Waals surface area contributed by atoms with Crippen LogP contribution in [0.1, 0.15) is 22.6 Å². The van der Waals surface area contributed by atoms with Crippen LogP contribution in [0.4, 0.5) is 0 Å². The zero-order valence-corrected chi connectivity index (χ0v) is 13.3. The minimum atomic E-state index is 0.200. The Morgan fingerprint density at radius 1 is 1.04 bits per heavy atom. The number of hydrogen-bond acceptors (Lipinski definition) is 5. The molecule has 0 radical (unpaired) electrons. The van der Waals surface area contributed by atoms with Gasteiger partial charge in [-0.05, 0) is 56.2 Å². The van der Waals surface area contributed by atoms with Gasteiger partial charge in [-0.1, -0.05) is 22.9 Å². The van der Waals surface area contributed by atoms with Gasteiger partial charge in [0.2, 0.25) is 5.82 Å². The van der Waals surface area contributed by atoms with E-state index in [9.17, 15) is 5.11 Å². The molecule has 0 spiro atoms. The van der Waals surface area contributed by atoms with Crippen molar-refractivity contribution in [3.8, 4) is 22.9 Å². The van der Waals surface area contributed by atoms with Crippen molar-refractivity contribution in [1.82, 2.24) is 10.1 Å². The van der Waals surface area contributed by atoms with Gasteiger partial charge in [0, 0.05) is 5.56 Å². The van der Waals surface area contributed by atoms with Crippen LogP contribution in [0.2, 0.25) is 0 Å². The van der Waals surface area contributed by atoms with Crippen molar-refractivity contribution < 1.29 is 14.4 Å². The summed E-state index contributed by atoms with van der Waals surface area (Å²) in [4.78, 5) is 4.32. The van der Waals surface area contributed by atoms with Crippen LogP contribution in [-0.2, 0) is 6.61 Å². The SMILES string of the molecule is Cc1cc(C)c(OCc2nc(-c3ccc(O)cc3)no2)c(C)c1. The fourth-order valence-corrected chi connectivity index (χ4v) is 2.57. The summed E-state index contributed by atoms with van der Waals surface area (Å²) in [5.41, 5.74) is 4.15. The van der Waals surface area contributed by atoms with E-state index in [1.165, 1.54) is 5.56 Å². The molecular weight excluding hydrogens is 292 g/mol. The Morgan fingerprint density at radius 2 is 1.70 bits per heavy atom. The van der Waals surface area contributed by atoms with Crippen LogP contribution in [-0.4, -0.2) is 15.2 Å². The normalized spacial score (nSPS) is 10.7. The summed E-state index contributed by atoms with van der Waals surface area (Å²) < 4.78 is 11.1. The topological polar surface area (TPSA) is 68.4 Å². The monoisotopic (exact) mass is 310 g/mol. The molecule has 0 aliphatic heterocycles. The van der Waals surface area contributed by atoms with Crippen LogP contribution in [0.5, 0.6) is 11.5 Å². The van der Waals surface area contributed by atoms with E-state index >= 15 is 0 Å². The molecule has 0 saturated carbocycles. The minimum absolute atomic E-state index is 0.200. The van der Waals surface area contributed by atoms with Crippen molar-refractivity contribution in [2.24, 2.45) is 0 Å². The largest absolute Gasteiger partial charge is 0.508 e. The van der Waals surface area contributed by atoms with Gasteiger partial charge in [0.1, 0.15) is 11.5 Å². The zero-order valence-electron chi connectivity index (χ0n) is 13.3. The maximum Gasteiger partial charge on any atom is 0.264 e. The van der Waals surface area contributed by atoms with Gasteiger partial charge in [-0.3, -0.25) is 0 Å². The molecule has 1 heterocycles. The third-order valence-corrected chi connectivity index (χ3v) is 3.54. The minimum Gasteiger partial charge on any atom is -0.508 e. The summed E-state index contributed by atoms with van der Waals surface area (Å²) in [7, 11) is 0. The third kappa shape index (κ3) is 3.34. The van der Waals surface area contributed by atoms with Gasteiger partial charge < -0.3 is 14.4 Å². The summed E-state index contributed by atoms with van der Waals surface area (Å²) in [5.74, 6) is 1.93. The molecule has 0 aliphatic rings. The summed E-state index contributed by atoms with van der Waals surface area (Å²) in [5, 5.41) is 13.2. The van der Waals surface area contributed by atoms with E-state index in [0.29, 0.717) is 11.7 Å². The number of aryl methyl sites for hydroxylation is 3. The number of rotatable bonds is 4. The fraction of sp³-hybridized carbons (Fsp3) is 0.222. The van der Waals surface area contributed by atoms with Gasteiger partial charge in [-0.2, -0.15) is 4.98 Å². The highest BCUT2D eigenvalue weighted by Gasteiger charge is 2.11. The summed E-state index contributed by atoms with van der Waals surface area (Å²) in [6.07, 6.45) is 0. The summed E-state index contributed by atoms with van der Waals surface area (Å²) >= 11 is 0. The highest BCUT2D eigenvalue weighted by molar-refractivity contribution is 5.55. The highest BCUT2D eigenvalue weighted by Crippen LogP contribution is 2.26. The number of aromatic nitrogens is 2. The van der Waals surface area contributed by atoms with E-state index in [2.05, 4.69) is 29.2 Å². The second-order valence-electron chi connectivity index (χ2n) is 5.58. The number of aromatic hydroxyl groups is 1. The first-order valence-corrected chi connectivity index (χ1v) is 7.35. The zero-order chi connectivity index (χ0) is 16.4. The number of benzene rings is 2. The van der Waals surface area contributed by atoms with Crippen molar-refractivity contribution in [3.63, 3.8) is 0 Å². The molecule has 5 nitrogen and oxygen atoms in total. The van der Waals surface area contributed by atoms with Crippen molar-refractivity contribution >= 4 is 0 Å². The van der Waals surface area contributed by atoms with Crippen LogP contribution in [0, 0.1) is 20.8 Å². The molecule has 0 fully saturated rings. The molecule has 0 atom stereocenters. The second-order valence-corrected chi connectivity index (χ2v) is 5.58. The number of hydrogen-bond donors (Lipinski definition) is 1. The predicted octanol–water partition coefficient (Wildman–Crippen LogP) is 3.95. The molecule has 23 heavy (non-hydrogen) atoms. The van der Waals surface area contributed by atoms with Crippen LogP contribution in [0.25, 0.3) is 11.4 Å². The lowest BCUT2D eigenvalue weighted by Gasteiger charge is -2.11. The van der Waals surface area contributed by atoms with Crippen LogP contribution in [0.3, 0.4) is 0 Å². The molecule has 0 unspecified atom stereocenters. The molecule has 0 amide bonds. The molecule has 0 bridgehead atoms. The molecule has 0 saturated heterocycles. The lowest BCUT2D eigenvalue weighted by Crippen LogP contribution is -1.99. The van der Waals surface area contributed by atoms with E-state index < -0.39 is 0 Å². The van der Waals surface area contributed by atoms with E-state index in [1.54, 1.807) is 24.3 Å². The van der Waals surface area contributed by atoms with E-state index in [-0.39, 0.29) is 12.4 Å². The Bertz CT molecular complexity index is 800. The number of phenols is 1. The van der Waals surface area contributed by atoms with Crippen molar-refractivity contribution in [1.29, 1.82) is 0 Å². The maximum absolute atomic E-state index is 9.31. The molecule has 3 aromatic rings. The lowest BCUT2D eigenvalue weighted by molar-refractivity contribution is 0.240. The first kappa shape index (κ1) is 15.1. The number of ether oxygens (including phenoxy) is 1. The van der Waals surface area contributed by atoms with Gasteiger partial charge in [0.15, 0.2) is 6.61 Å². The Hall–Kier alpha value is -2.82. The smallest absolute Gasteiger partial charge is 0.264 e. The summed E-state index contributed by atoms with van der Waals surface area (Å²) in [6.45, 7) is 6.32. The first-order chi connectivity index (χ1) is 11.0. The molecular formula is C18H18N2O3. The Labute approximate surface area is 134 Å². The van der Waals surface area contributed by atoms with E-state index in [1.807, 2.05) is 13.8 Å². The highest BCUT2D eigenvalue weighted by atomic mass is 16.5. The summed E-state index contributed by atoms with van der Waals surface area (Å²) in [6, 6.07) is 10.8. The van der Waals surface area contributed by atoms with Gasteiger partial charge in [-0.15, -0.1) is 0 Å². The Morgan fingerprint density at radius 3 is 2.35 bits per heavy atom. The van der Waals surface area contributed by atoms with Gasteiger partial charge in [0.05, 0.1) is 0 Å². The van der Waals surface area contributed by atoms with Crippen molar-refractivity contribution in [3.05, 3.63) is 59.0 Å². The van der Waals surface area contributed by atoms with Gasteiger partial charge in [0.25, 0.3) is 5.89 Å². The van der Waals surface area contributed by atoms with Gasteiger partial charge in [-0.25, -0.2) is 0 Å². The third-order valence-electron chi connectivity index (χ3n) is 3.54. The van der Waals surface area contributed by atoms with Crippen molar-refractivity contribution in [2.45, 2.75) is 27.4 Å². The quantitative estimate of drug-likeness (QED) is 0.790. The maximum atomic E-state index is 9.31. The molecule has 1 N–H and O–H groups in total. The molecule has 2 aromatic carbocycles. The number of phenolic OH excluding ortho intramolecular Hbond substituents is 1. The molecule has 0 aliphatic carbocycles. The lowest BCUT2D eigenvalue weighted by atomic mass is 10.1. The molecule has 1 aromatic heterocycles. The first-order valence-electron chi connectivity index (χ1n) is 7.35. The average Bonchev–Trinajstić information content (AvgIpc) is 2.96. The van der Waals surface area contributed by atoms with Crippen LogP contribution >= 0.6 is 0 Å². The van der Waals surface area contributed by atoms with E-state index in [4.69, 9.17) is 9.26 Å². The van der Waals surface area contributed by atoms with E-state index in [0.717, 1.165) is 22.4 Å². The molecule has 3 rings (SSSR count). The standard InChI is InChI=1S/C18H18N2O3/c1-11-8-12(2)17(13(3)9-11)22-10-16-19-18(20-23-16)14-4-6-15(21)7-5-14/h4-9,21H,10H2,1-3H3. The van der Waals surface area contributed by atoms with Gasteiger partial charge >= 0.3 is 0 Å². The second kappa shape index (κ2) is 6.12. The Kier molecular flexibility index (Phi) is 4.02.